The lowest BCUT2D eigenvalue weighted by atomic mass is 9.81. The van der Waals surface area contributed by atoms with E-state index in [0.717, 1.165) is 18.4 Å². The van der Waals surface area contributed by atoms with Gasteiger partial charge in [0.15, 0.2) is 5.69 Å². The van der Waals surface area contributed by atoms with Crippen LogP contribution in [-0.4, -0.2) is 69.4 Å². The number of carbonyl (C=O) groups is 1. The fourth-order valence-electron chi connectivity index (χ4n) is 4.05. The molecule has 9 nitrogen and oxygen atoms in total. The zero-order valence-corrected chi connectivity index (χ0v) is 16.9. The van der Waals surface area contributed by atoms with Gasteiger partial charge in [0.05, 0.1) is 18.5 Å². The van der Waals surface area contributed by atoms with Crippen LogP contribution < -0.4 is 4.90 Å². The van der Waals surface area contributed by atoms with E-state index in [1.165, 1.54) is 0 Å². The minimum atomic E-state index is 0.0807. The molecule has 1 atom stereocenters. The van der Waals surface area contributed by atoms with Crippen LogP contribution in [0.3, 0.4) is 0 Å². The Morgan fingerprint density at radius 2 is 2.10 bits per heavy atom. The minimum absolute atomic E-state index is 0.0807. The first-order chi connectivity index (χ1) is 14.0. The molecule has 4 rings (SSSR count). The number of hydrogen-bond donors (Lipinski definition) is 0. The summed E-state index contributed by atoms with van der Waals surface area (Å²) < 4.78 is 6.97. The van der Waals surface area contributed by atoms with Crippen molar-refractivity contribution >= 4 is 11.7 Å². The highest BCUT2D eigenvalue weighted by atomic mass is 16.5. The topological polar surface area (TPSA) is 100 Å². The Hall–Kier alpha value is -2.99. The summed E-state index contributed by atoms with van der Waals surface area (Å²) in [5.74, 6) is 1.03. The third-order valence-corrected chi connectivity index (χ3v) is 5.86. The van der Waals surface area contributed by atoms with E-state index in [9.17, 15) is 10.1 Å². The van der Waals surface area contributed by atoms with Crippen LogP contribution in [0.15, 0.2) is 18.6 Å². The molecule has 2 aliphatic rings. The minimum Gasteiger partial charge on any atom is -0.381 e. The van der Waals surface area contributed by atoms with Gasteiger partial charge in [-0.3, -0.25) is 9.48 Å². The standard InChI is InChI=1S/C20H25N7O2/c1-13-11-26(4-5-27(13)20(28)14-6-16(7-14)29-3)18-10-22-17(8-21)19(24-18)15-9-23-25(2)12-15/h9-10,12-14,16H,4-7,11H2,1-3H3/t13-,14?,16?/m1/s1. The molecule has 1 aliphatic carbocycles. The molecule has 2 fully saturated rings. The monoisotopic (exact) mass is 395 g/mol. The second-order valence-corrected chi connectivity index (χ2v) is 7.79. The molecule has 0 radical (unpaired) electrons. The van der Waals surface area contributed by atoms with E-state index in [2.05, 4.69) is 28.0 Å². The summed E-state index contributed by atoms with van der Waals surface area (Å²) in [5.41, 5.74) is 1.57. The normalized spacial score (nSPS) is 24.1. The molecule has 0 bridgehead atoms. The molecule has 152 valence electrons. The maximum atomic E-state index is 12.8. The van der Waals surface area contributed by atoms with Crippen molar-refractivity contribution in [3.63, 3.8) is 0 Å². The third-order valence-electron chi connectivity index (χ3n) is 5.86. The van der Waals surface area contributed by atoms with Gasteiger partial charge in [-0.15, -0.1) is 0 Å². The van der Waals surface area contributed by atoms with E-state index >= 15 is 0 Å². The van der Waals surface area contributed by atoms with E-state index in [-0.39, 0.29) is 29.7 Å². The SMILES string of the molecule is COC1CC(C(=O)N2CCN(c3cnc(C#N)c(-c4cnn(C)c4)n3)C[C@H]2C)C1. The van der Waals surface area contributed by atoms with Crippen molar-refractivity contribution in [2.24, 2.45) is 13.0 Å². The van der Waals surface area contributed by atoms with Crippen molar-refractivity contribution in [2.45, 2.75) is 31.9 Å². The van der Waals surface area contributed by atoms with Gasteiger partial charge in [0, 0.05) is 57.5 Å². The summed E-state index contributed by atoms with van der Waals surface area (Å²) in [7, 11) is 3.52. The van der Waals surface area contributed by atoms with E-state index in [1.54, 1.807) is 24.2 Å². The van der Waals surface area contributed by atoms with Gasteiger partial charge in [0.2, 0.25) is 5.91 Å². The van der Waals surface area contributed by atoms with Crippen molar-refractivity contribution in [1.29, 1.82) is 5.26 Å². The molecular weight excluding hydrogens is 370 g/mol. The second kappa shape index (κ2) is 7.79. The molecule has 9 heteroatoms. The van der Waals surface area contributed by atoms with Crippen molar-refractivity contribution < 1.29 is 9.53 Å². The molecule has 3 heterocycles. The lowest BCUT2D eigenvalue weighted by molar-refractivity contribution is -0.145. The molecule has 2 aromatic heterocycles. The average Bonchev–Trinajstić information content (AvgIpc) is 3.12. The van der Waals surface area contributed by atoms with Crippen LogP contribution >= 0.6 is 0 Å². The van der Waals surface area contributed by atoms with Crippen LogP contribution in [-0.2, 0) is 16.6 Å². The van der Waals surface area contributed by atoms with Gasteiger partial charge >= 0.3 is 0 Å². The number of anilines is 1. The lowest BCUT2D eigenvalue weighted by Crippen LogP contribution is -2.57. The third kappa shape index (κ3) is 3.68. The Bertz CT molecular complexity index is 945. The number of rotatable bonds is 4. The zero-order valence-electron chi connectivity index (χ0n) is 16.9. The highest BCUT2D eigenvalue weighted by Gasteiger charge is 2.39. The van der Waals surface area contributed by atoms with Crippen LogP contribution in [0.2, 0.25) is 0 Å². The number of nitrogens with zero attached hydrogens (tertiary/aromatic N) is 7. The van der Waals surface area contributed by atoms with E-state index in [4.69, 9.17) is 9.72 Å². The molecule has 0 unspecified atom stereocenters. The Labute approximate surface area is 169 Å². The van der Waals surface area contributed by atoms with Crippen LogP contribution in [0.25, 0.3) is 11.3 Å². The first-order valence-corrected chi connectivity index (χ1v) is 9.84. The largest absolute Gasteiger partial charge is 0.381 e. The van der Waals surface area contributed by atoms with E-state index < -0.39 is 0 Å². The average molecular weight is 395 g/mol. The molecule has 29 heavy (non-hydrogen) atoms. The van der Waals surface area contributed by atoms with Gasteiger partial charge < -0.3 is 14.5 Å². The maximum Gasteiger partial charge on any atom is 0.226 e. The number of aryl methyl sites for hydroxylation is 1. The Kier molecular flexibility index (Phi) is 5.20. The first kappa shape index (κ1) is 19.3. The molecule has 0 N–H and O–H groups in total. The highest BCUT2D eigenvalue weighted by Crippen LogP contribution is 2.32. The van der Waals surface area contributed by atoms with E-state index in [0.29, 0.717) is 31.1 Å². The van der Waals surface area contributed by atoms with Crippen LogP contribution in [0.1, 0.15) is 25.5 Å². The van der Waals surface area contributed by atoms with Gasteiger partial charge in [-0.2, -0.15) is 10.4 Å². The molecule has 1 aliphatic heterocycles. The molecule has 0 spiro atoms. The number of hydrogen-bond acceptors (Lipinski definition) is 7. The van der Waals surface area contributed by atoms with Gasteiger partial charge in [-0.1, -0.05) is 0 Å². The van der Waals surface area contributed by atoms with Gasteiger partial charge in [0.25, 0.3) is 0 Å². The van der Waals surface area contributed by atoms with Crippen LogP contribution in [0.4, 0.5) is 5.82 Å². The van der Waals surface area contributed by atoms with Crippen molar-refractivity contribution in [3.8, 4) is 17.3 Å². The molecule has 1 saturated heterocycles. The summed E-state index contributed by atoms with van der Waals surface area (Å²) in [6.45, 7) is 4.08. The van der Waals surface area contributed by atoms with Crippen molar-refractivity contribution in [3.05, 3.63) is 24.3 Å². The fraction of sp³-hybridized carbons (Fsp3) is 0.550. The molecular formula is C20H25N7O2. The van der Waals surface area contributed by atoms with Crippen molar-refractivity contribution in [1.82, 2.24) is 24.6 Å². The predicted octanol–water partition coefficient (Wildman–Crippen LogP) is 1.21. The van der Waals surface area contributed by atoms with Gasteiger partial charge in [-0.05, 0) is 19.8 Å². The van der Waals surface area contributed by atoms with Crippen molar-refractivity contribution in [2.75, 3.05) is 31.6 Å². The highest BCUT2D eigenvalue weighted by molar-refractivity contribution is 5.80. The number of carbonyl (C=O) groups excluding carboxylic acids is 1. The fourth-order valence-corrected chi connectivity index (χ4v) is 4.05. The van der Waals surface area contributed by atoms with Gasteiger partial charge in [0.1, 0.15) is 17.6 Å². The Morgan fingerprint density at radius 3 is 2.72 bits per heavy atom. The number of ether oxygens (including phenoxy) is 1. The molecule has 1 amide bonds. The van der Waals surface area contributed by atoms with E-state index in [1.807, 2.05) is 18.1 Å². The molecule has 0 aromatic carbocycles. The molecule has 2 aromatic rings. The summed E-state index contributed by atoms with van der Waals surface area (Å²) in [6.07, 6.45) is 6.99. The maximum absolute atomic E-state index is 12.8. The predicted molar refractivity (Wildman–Crippen MR) is 106 cm³/mol. The van der Waals surface area contributed by atoms with Crippen LogP contribution in [0, 0.1) is 17.2 Å². The second-order valence-electron chi connectivity index (χ2n) is 7.79. The number of aromatic nitrogens is 4. The number of methoxy groups -OCH3 is 1. The summed E-state index contributed by atoms with van der Waals surface area (Å²) in [4.78, 5) is 25.9. The summed E-state index contributed by atoms with van der Waals surface area (Å²) in [5, 5.41) is 13.6. The zero-order chi connectivity index (χ0) is 20.5. The number of piperazine rings is 1. The Balaban J connectivity index is 1.48. The lowest BCUT2D eigenvalue weighted by Gasteiger charge is -2.44. The summed E-state index contributed by atoms with van der Waals surface area (Å²) in [6, 6.07) is 2.19. The smallest absolute Gasteiger partial charge is 0.226 e. The van der Waals surface area contributed by atoms with Crippen LogP contribution in [0.5, 0.6) is 0 Å². The first-order valence-electron chi connectivity index (χ1n) is 9.84. The number of amides is 1. The quantitative estimate of drug-likeness (QED) is 0.767. The summed E-state index contributed by atoms with van der Waals surface area (Å²) >= 11 is 0. The number of nitriles is 1. The van der Waals surface area contributed by atoms with Gasteiger partial charge in [-0.25, -0.2) is 9.97 Å². The Morgan fingerprint density at radius 1 is 1.31 bits per heavy atom. The molecule has 1 saturated carbocycles.